The average molecular weight is 154 g/mol. The van der Waals surface area contributed by atoms with Gasteiger partial charge in [-0.25, -0.2) is 0 Å². The van der Waals surface area contributed by atoms with Crippen LogP contribution < -0.4 is 5.32 Å². The summed E-state index contributed by atoms with van der Waals surface area (Å²) in [6.07, 6.45) is 5.88. The Bertz CT molecular complexity index is 165. The number of carbonyl (C=O) groups excluding carboxylic acids is 1. The summed E-state index contributed by atoms with van der Waals surface area (Å²) < 4.78 is 0. The minimum atomic E-state index is 0.428. The average Bonchev–Trinajstić information content (AvgIpc) is 2.06. The molecule has 2 nitrogen and oxygen atoms in total. The van der Waals surface area contributed by atoms with Crippen LogP contribution in [0.4, 0.5) is 0 Å². The topological polar surface area (TPSA) is 33.7 Å². The van der Waals surface area contributed by atoms with E-state index in [2.05, 4.69) is 5.32 Å². The van der Waals surface area contributed by atoms with E-state index < -0.39 is 0 Å². The largest absolute Gasteiger partial charge is 0.343 e. The first kappa shape index (κ1) is 7.29. The SMILES string of the molecule is O=C1CC[NH2+][C@@H]2CCCC[C@@H]12. The van der Waals surface area contributed by atoms with Gasteiger partial charge in [-0.1, -0.05) is 6.42 Å². The molecule has 0 unspecified atom stereocenters. The first-order chi connectivity index (χ1) is 5.38. The Morgan fingerprint density at radius 2 is 2.09 bits per heavy atom. The van der Waals surface area contributed by atoms with Gasteiger partial charge in [0.1, 0.15) is 5.78 Å². The van der Waals surface area contributed by atoms with E-state index in [1.807, 2.05) is 0 Å². The van der Waals surface area contributed by atoms with Crippen molar-refractivity contribution in [3.05, 3.63) is 0 Å². The maximum atomic E-state index is 11.4. The summed E-state index contributed by atoms with van der Waals surface area (Å²) in [4.78, 5) is 11.4. The van der Waals surface area contributed by atoms with Crippen LogP contribution in [0.2, 0.25) is 0 Å². The minimum Gasteiger partial charge on any atom is -0.343 e. The molecule has 2 aliphatic rings. The lowest BCUT2D eigenvalue weighted by Crippen LogP contribution is -2.94. The lowest BCUT2D eigenvalue weighted by atomic mass is 9.79. The van der Waals surface area contributed by atoms with Crippen molar-refractivity contribution in [3.63, 3.8) is 0 Å². The lowest BCUT2D eigenvalue weighted by Gasteiger charge is -2.31. The molecule has 1 saturated carbocycles. The first-order valence-electron chi connectivity index (χ1n) is 4.74. The summed E-state index contributed by atoms with van der Waals surface area (Å²) >= 11 is 0. The van der Waals surface area contributed by atoms with E-state index in [1.165, 1.54) is 25.7 Å². The maximum Gasteiger partial charge on any atom is 0.147 e. The Morgan fingerprint density at radius 1 is 1.27 bits per heavy atom. The second kappa shape index (κ2) is 2.94. The van der Waals surface area contributed by atoms with Crippen LogP contribution in [0.1, 0.15) is 32.1 Å². The third-order valence-electron chi connectivity index (χ3n) is 3.09. The molecular weight excluding hydrogens is 138 g/mol. The molecule has 2 heteroatoms. The van der Waals surface area contributed by atoms with Crippen LogP contribution in [0, 0.1) is 5.92 Å². The number of Topliss-reactive ketones (excluding diaryl/α,β-unsaturated/α-hetero) is 1. The zero-order valence-electron chi connectivity index (χ0n) is 6.88. The predicted molar refractivity (Wildman–Crippen MR) is 42.2 cm³/mol. The van der Waals surface area contributed by atoms with Gasteiger partial charge in [0.2, 0.25) is 0 Å². The second-order valence-electron chi connectivity index (χ2n) is 3.80. The molecule has 1 aliphatic heterocycles. The van der Waals surface area contributed by atoms with E-state index in [9.17, 15) is 4.79 Å². The number of ketones is 1. The van der Waals surface area contributed by atoms with Crippen molar-refractivity contribution in [2.45, 2.75) is 38.1 Å². The molecule has 0 aromatic rings. The number of nitrogens with two attached hydrogens (primary N) is 1. The van der Waals surface area contributed by atoms with E-state index in [1.54, 1.807) is 0 Å². The monoisotopic (exact) mass is 154 g/mol. The summed E-state index contributed by atoms with van der Waals surface area (Å²) in [7, 11) is 0. The van der Waals surface area contributed by atoms with Gasteiger partial charge in [0.05, 0.1) is 24.9 Å². The van der Waals surface area contributed by atoms with Crippen LogP contribution in [0.5, 0.6) is 0 Å². The number of piperidine rings is 1. The van der Waals surface area contributed by atoms with Crippen LogP contribution in [0.25, 0.3) is 0 Å². The van der Waals surface area contributed by atoms with E-state index in [0.717, 1.165) is 13.0 Å². The number of fused-ring (bicyclic) bond motifs is 1. The van der Waals surface area contributed by atoms with Gasteiger partial charge in [0, 0.05) is 6.42 Å². The van der Waals surface area contributed by atoms with Crippen LogP contribution in [0.15, 0.2) is 0 Å². The molecule has 0 aromatic carbocycles. The summed E-state index contributed by atoms with van der Waals surface area (Å²) in [6, 6.07) is 0.657. The fourth-order valence-corrected chi connectivity index (χ4v) is 2.47. The molecule has 0 radical (unpaired) electrons. The van der Waals surface area contributed by atoms with E-state index >= 15 is 0 Å². The first-order valence-corrected chi connectivity index (χ1v) is 4.74. The standard InChI is InChI=1S/C9H15NO/c11-9-5-6-10-8-4-2-1-3-7(8)9/h7-8,10H,1-6H2/p+1/t7-,8-/m1/s1. The van der Waals surface area contributed by atoms with Gasteiger partial charge in [-0.3, -0.25) is 4.79 Å². The molecule has 0 amide bonds. The second-order valence-corrected chi connectivity index (χ2v) is 3.80. The molecule has 11 heavy (non-hydrogen) atoms. The van der Waals surface area contributed by atoms with Crippen LogP contribution in [-0.4, -0.2) is 18.4 Å². The van der Waals surface area contributed by atoms with E-state index in [-0.39, 0.29) is 0 Å². The summed E-state index contributed by atoms with van der Waals surface area (Å²) in [5, 5.41) is 2.38. The Balaban J connectivity index is 2.05. The molecular formula is C9H16NO+. The number of hydrogen-bond donors (Lipinski definition) is 1. The minimum absolute atomic E-state index is 0.428. The smallest absolute Gasteiger partial charge is 0.147 e. The van der Waals surface area contributed by atoms with Gasteiger partial charge in [-0.15, -0.1) is 0 Å². The zero-order valence-corrected chi connectivity index (χ0v) is 6.88. The van der Waals surface area contributed by atoms with E-state index in [4.69, 9.17) is 0 Å². The fourth-order valence-electron chi connectivity index (χ4n) is 2.47. The third kappa shape index (κ3) is 1.32. The van der Waals surface area contributed by atoms with Crippen molar-refractivity contribution in [2.75, 3.05) is 6.54 Å². The Labute approximate surface area is 67.4 Å². The highest BCUT2D eigenvalue weighted by molar-refractivity contribution is 5.82. The molecule has 1 saturated heterocycles. The van der Waals surface area contributed by atoms with Gasteiger partial charge < -0.3 is 5.32 Å². The van der Waals surface area contributed by atoms with Gasteiger partial charge >= 0.3 is 0 Å². The van der Waals surface area contributed by atoms with Crippen molar-refractivity contribution in [1.82, 2.24) is 0 Å². The van der Waals surface area contributed by atoms with Gasteiger partial charge in [0.25, 0.3) is 0 Å². The molecule has 1 aliphatic carbocycles. The predicted octanol–water partition coefficient (Wildman–Crippen LogP) is 0.0814. The number of quaternary nitrogens is 1. The van der Waals surface area contributed by atoms with Gasteiger partial charge in [0.15, 0.2) is 0 Å². The fraction of sp³-hybridized carbons (Fsp3) is 0.889. The molecule has 2 fully saturated rings. The molecule has 0 aromatic heterocycles. The number of hydrogen-bond acceptors (Lipinski definition) is 1. The molecule has 2 rings (SSSR count). The van der Waals surface area contributed by atoms with Crippen LogP contribution >= 0.6 is 0 Å². The van der Waals surface area contributed by atoms with Crippen molar-refractivity contribution < 1.29 is 10.1 Å². The highest BCUT2D eigenvalue weighted by Crippen LogP contribution is 2.25. The summed E-state index contributed by atoms with van der Waals surface area (Å²) in [6.45, 7) is 1.04. The molecule has 2 N–H and O–H groups in total. The number of carbonyl (C=O) groups is 1. The highest BCUT2D eigenvalue weighted by atomic mass is 16.1. The number of rotatable bonds is 0. The van der Waals surface area contributed by atoms with Crippen LogP contribution in [-0.2, 0) is 4.79 Å². The van der Waals surface area contributed by atoms with Gasteiger partial charge in [-0.2, -0.15) is 0 Å². The quantitative estimate of drug-likeness (QED) is 0.527. The molecule has 62 valence electrons. The van der Waals surface area contributed by atoms with Crippen LogP contribution in [0.3, 0.4) is 0 Å². The summed E-state index contributed by atoms with van der Waals surface area (Å²) in [5.74, 6) is 0.967. The lowest BCUT2D eigenvalue weighted by molar-refractivity contribution is -0.699. The van der Waals surface area contributed by atoms with Crippen molar-refractivity contribution in [3.8, 4) is 0 Å². The normalized spacial score (nSPS) is 38.4. The van der Waals surface area contributed by atoms with Crippen molar-refractivity contribution in [1.29, 1.82) is 0 Å². The molecule has 2 atom stereocenters. The van der Waals surface area contributed by atoms with Crippen molar-refractivity contribution >= 4 is 5.78 Å². The molecule has 1 heterocycles. The maximum absolute atomic E-state index is 11.4. The van der Waals surface area contributed by atoms with E-state index in [0.29, 0.717) is 17.7 Å². The van der Waals surface area contributed by atoms with Gasteiger partial charge in [-0.05, 0) is 12.8 Å². The molecule has 0 spiro atoms. The Morgan fingerprint density at radius 3 is 2.91 bits per heavy atom. The Hall–Kier alpha value is -0.370. The Kier molecular flexibility index (Phi) is 1.95. The highest BCUT2D eigenvalue weighted by Gasteiger charge is 2.36. The van der Waals surface area contributed by atoms with Crippen molar-refractivity contribution in [2.24, 2.45) is 5.92 Å². The summed E-state index contributed by atoms with van der Waals surface area (Å²) in [5.41, 5.74) is 0. The zero-order chi connectivity index (χ0) is 7.68. The third-order valence-corrected chi connectivity index (χ3v) is 3.09. The molecule has 0 bridgehead atoms.